The molecule has 0 radical (unpaired) electrons. The number of esters is 1. The lowest BCUT2D eigenvalue weighted by atomic mass is 10.1. The van der Waals surface area contributed by atoms with Crippen molar-refractivity contribution in [3.63, 3.8) is 0 Å². The molecular formula is C37H62N2O7. The Kier molecular flexibility index (Phi) is 29.6. The third-order valence-electron chi connectivity index (χ3n) is 7.32. The monoisotopic (exact) mass is 646 g/mol. The van der Waals surface area contributed by atoms with E-state index in [-0.39, 0.29) is 30.9 Å². The molecule has 0 bridgehead atoms. The Morgan fingerprint density at radius 3 is 1.80 bits per heavy atom. The first kappa shape index (κ1) is 42.8. The molecule has 0 aliphatic carbocycles. The number of carboxylic acid groups (broad SMARTS) is 1. The van der Waals surface area contributed by atoms with Crippen molar-refractivity contribution in [1.29, 1.82) is 0 Å². The highest BCUT2D eigenvalue weighted by molar-refractivity contribution is 5.87. The summed E-state index contributed by atoms with van der Waals surface area (Å²) in [5, 5.41) is 22.5. The SMILES string of the molecule is CC/C=C\C/C=C\C/C=C\C/C=C\C(CCCCCC(=O)NCC(=O)NC(CO)C(=O)O)OC(=O)CCCCCCCCCCC. The minimum absolute atomic E-state index is 0.167. The van der Waals surface area contributed by atoms with Gasteiger partial charge in [-0.3, -0.25) is 14.4 Å². The van der Waals surface area contributed by atoms with Crippen LogP contribution in [-0.2, 0) is 23.9 Å². The number of hydrogen-bond acceptors (Lipinski definition) is 6. The first-order chi connectivity index (χ1) is 22.3. The highest BCUT2D eigenvalue weighted by Crippen LogP contribution is 2.14. The van der Waals surface area contributed by atoms with E-state index in [1.807, 2.05) is 12.2 Å². The van der Waals surface area contributed by atoms with Gasteiger partial charge in [-0.2, -0.15) is 0 Å². The van der Waals surface area contributed by atoms with Gasteiger partial charge in [-0.15, -0.1) is 0 Å². The average Bonchev–Trinajstić information content (AvgIpc) is 3.03. The van der Waals surface area contributed by atoms with Crippen molar-refractivity contribution < 1.29 is 34.1 Å². The van der Waals surface area contributed by atoms with Gasteiger partial charge in [-0.25, -0.2) is 4.79 Å². The van der Waals surface area contributed by atoms with Gasteiger partial charge in [-0.1, -0.05) is 114 Å². The summed E-state index contributed by atoms with van der Waals surface area (Å²) in [5.74, 6) is -2.51. The topological polar surface area (TPSA) is 142 Å². The van der Waals surface area contributed by atoms with Crippen LogP contribution in [0.25, 0.3) is 0 Å². The van der Waals surface area contributed by atoms with E-state index in [2.05, 4.69) is 60.9 Å². The Hall–Kier alpha value is -3.20. The fraction of sp³-hybridized carbons (Fsp3) is 0.676. The third-order valence-corrected chi connectivity index (χ3v) is 7.32. The van der Waals surface area contributed by atoms with E-state index < -0.39 is 24.5 Å². The largest absolute Gasteiger partial charge is 0.480 e. The Morgan fingerprint density at radius 1 is 0.674 bits per heavy atom. The van der Waals surface area contributed by atoms with Crippen molar-refractivity contribution in [3.8, 4) is 0 Å². The Bertz CT molecular complexity index is 927. The molecule has 0 heterocycles. The van der Waals surface area contributed by atoms with Crippen molar-refractivity contribution in [2.75, 3.05) is 13.2 Å². The molecule has 9 heteroatoms. The summed E-state index contributed by atoms with van der Waals surface area (Å²) in [6.45, 7) is 3.26. The molecule has 2 amide bonds. The molecule has 262 valence electrons. The highest BCUT2D eigenvalue weighted by atomic mass is 16.5. The van der Waals surface area contributed by atoms with Crippen LogP contribution in [0.3, 0.4) is 0 Å². The van der Waals surface area contributed by atoms with E-state index >= 15 is 0 Å². The van der Waals surface area contributed by atoms with Crippen molar-refractivity contribution >= 4 is 23.8 Å². The van der Waals surface area contributed by atoms with Crippen LogP contribution >= 0.6 is 0 Å². The van der Waals surface area contributed by atoms with E-state index in [4.69, 9.17) is 14.9 Å². The summed E-state index contributed by atoms with van der Waals surface area (Å²) in [6.07, 6.45) is 34.4. The molecular weight excluding hydrogens is 584 g/mol. The average molecular weight is 647 g/mol. The molecule has 0 aliphatic heterocycles. The Labute approximate surface area is 278 Å². The maximum absolute atomic E-state index is 12.6. The van der Waals surface area contributed by atoms with Crippen LogP contribution in [0.4, 0.5) is 0 Å². The lowest BCUT2D eigenvalue weighted by molar-refractivity contribution is -0.147. The van der Waals surface area contributed by atoms with Crippen molar-refractivity contribution in [1.82, 2.24) is 10.6 Å². The number of carbonyl (C=O) groups is 4. The number of aliphatic carboxylic acids is 1. The third kappa shape index (κ3) is 28.3. The van der Waals surface area contributed by atoms with Gasteiger partial charge in [0.25, 0.3) is 0 Å². The minimum Gasteiger partial charge on any atom is -0.480 e. The van der Waals surface area contributed by atoms with Crippen LogP contribution in [0, 0.1) is 0 Å². The number of aliphatic hydroxyl groups excluding tert-OH is 1. The van der Waals surface area contributed by atoms with Crippen LogP contribution in [-0.4, -0.2) is 59.3 Å². The summed E-state index contributed by atoms with van der Waals surface area (Å²) >= 11 is 0. The maximum Gasteiger partial charge on any atom is 0.328 e. The predicted octanol–water partition coefficient (Wildman–Crippen LogP) is 7.25. The summed E-state index contributed by atoms with van der Waals surface area (Å²) < 4.78 is 5.81. The van der Waals surface area contributed by atoms with Gasteiger partial charge >= 0.3 is 11.9 Å². The Morgan fingerprint density at radius 2 is 1.22 bits per heavy atom. The molecule has 0 spiro atoms. The van der Waals surface area contributed by atoms with Crippen molar-refractivity contribution in [2.24, 2.45) is 0 Å². The van der Waals surface area contributed by atoms with Gasteiger partial charge in [0.05, 0.1) is 13.2 Å². The van der Waals surface area contributed by atoms with E-state index in [1.54, 1.807) is 0 Å². The number of hydrogen-bond donors (Lipinski definition) is 4. The molecule has 0 aromatic carbocycles. The normalized spacial score (nSPS) is 13.1. The fourth-order valence-corrected chi connectivity index (χ4v) is 4.62. The van der Waals surface area contributed by atoms with Gasteiger partial charge in [0.15, 0.2) is 0 Å². The molecule has 0 aromatic heterocycles. The maximum atomic E-state index is 12.6. The zero-order chi connectivity index (χ0) is 34.1. The number of nitrogens with one attached hydrogen (secondary N) is 2. The standard InChI is InChI=1S/C37H62N2O7/c1-3-5-7-9-11-13-14-16-17-19-22-26-32(46-36(43)29-25-20-18-15-12-10-8-6-4-2)27-23-21-24-28-34(41)38-30-35(42)39-33(31-40)37(44)45/h5,7,11,13,16-17,22,26,32-33,40H,3-4,6,8-10,12,14-15,18-21,23-25,27-31H2,1-2H3,(H,38,41)(H,39,42)(H,44,45)/b7-5-,13-11-,17-16-,26-22-. The lowest BCUT2D eigenvalue weighted by Crippen LogP contribution is -2.47. The molecule has 2 atom stereocenters. The second-order valence-corrected chi connectivity index (χ2v) is 11.6. The zero-order valence-corrected chi connectivity index (χ0v) is 28.6. The number of ether oxygens (including phenoxy) is 1. The number of carbonyl (C=O) groups excluding carboxylic acids is 3. The molecule has 0 fully saturated rings. The molecule has 9 nitrogen and oxygen atoms in total. The first-order valence-electron chi connectivity index (χ1n) is 17.5. The molecule has 2 unspecified atom stereocenters. The zero-order valence-electron chi connectivity index (χ0n) is 28.6. The molecule has 0 saturated heterocycles. The second-order valence-electron chi connectivity index (χ2n) is 11.6. The lowest BCUT2D eigenvalue weighted by Gasteiger charge is -2.15. The number of carboxylic acids is 1. The number of unbranched alkanes of at least 4 members (excludes halogenated alkanes) is 10. The molecule has 0 aliphatic rings. The fourth-order valence-electron chi connectivity index (χ4n) is 4.62. The summed E-state index contributed by atoms with van der Waals surface area (Å²) in [6, 6.07) is -1.40. The van der Waals surface area contributed by atoms with Crippen molar-refractivity contribution in [2.45, 2.75) is 148 Å². The van der Waals surface area contributed by atoms with Crippen LogP contribution < -0.4 is 10.6 Å². The highest BCUT2D eigenvalue weighted by Gasteiger charge is 2.18. The van der Waals surface area contributed by atoms with E-state index in [9.17, 15) is 19.2 Å². The van der Waals surface area contributed by atoms with Crippen LogP contribution in [0.15, 0.2) is 48.6 Å². The van der Waals surface area contributed by atoms with Gasteiger partial charge in [0, 0.05) is 12.8 Å². The number of rotatable bonds is 30. The molecule has 0 saturated carbocycles. The van der Waals surface area contributed by atoms with Gasteiger partial charge < -0.3 is 25.6 Å². The van der Waals surface area contributed by atoms with Gasteiger partial charge in [0.1, 0.15) is 12.1 Å². The number of allylic oxidation sites excluding steroid dienone is 7. The van der Waals surface area contributed by atoms with Crippen molar-refractivity contribution in [3.05, 3.63) is 48.6 Å². The number of amides is 2. The molecule has 0 rings (SSSR count). The minimum atomic E-state index is -1.40. The quantitative estimate of drug-likeness (QED) is 0.0366. The second kappa shape index (κ2) is 31.8. The smallest absolute Gasteiger partial charge is 0.328 e. The predicted molar refractivity (Wildman–Crippen MR) is 185 cm³/mol. The summed E-state index contributed by atoms with van der Waals surface area (Å²) in [4.78, 5) is 47.3. The van der Waals surface area contributed by atoms with Gasteiger partial charge in [-0.05, 0) is 57.4 Å². The molecule has 0 aromatic rings. The Balaban J connectivity index is 4.54. The van der Waals surface area contributed by atoms with E-state index in [0.29, 0.717) is 19.3 Å². The summed E-state index contributed by atoms with van der Waals surface area (Å²) in [7, 11) is 0. The van der Waals surface area contributed by atoms with Gasteiger partial charge in [0.2, 0.25) is 11.8 Å². The van der Waals surface area contributed by atoms with E-state index in [1.165, 1.54) is 38.5 Å². The van der Waals surface area contributed by atoms with E-state index in [0.717, 1.165) is 57.8 Å². The number of aliphatic hydroxyl groups is 1. The molecule has 46 heavy (non-hydrogen) atoms. The van der Waals surface area contributed by atoms with Crippen LogP contribution in [0.5, 0.6) is 0 Å². The first-order valence-corrected chi connectivity index (χ1v) is 17.5. The van der Waals surface area contributed by atoms with Crippen LogP contribution in [0.1, 0.15) is 136 Å². The van der Waals surface area contributed by atoms with Crippen LogP contribution in [0.2, 0.25) is 0 Å². The summed E-state index contributed by atoms with van der Waals surface area (Å²) in [5.41, 5.74) is 0. The molecule has 4 N–H and O–H groups in total.